The number of ether oxygens (including phenoxy) is 2. The van der Waals surface area contributed by atoms with E-state index in [9.17, 15) is 18.1 Å². The van der Waals surface area contributed by atoms with Crippen molar-refractivity contribution in [3.63, 3.8) is 0 Å². The Kier molecular flexibility index (Phi) is 9.08. The zero-order valence-electron chi connectivity index (χ0n) is 18.4. The summed E-state index contributed by atoms with van der Waals surface area (Å²) in [6, 6.07) is 13.3. The summed E-state index contributed by atoms with van der Waals surface area (Å²) in [6.07, 6.45) is 0. The first-order valence-electron chi connectivity index (χ1n) is 9.18. The fraction of sp³-hybridized carbons (Fsp3) is 0.143. The molecule has 0 aromatic heterocycles. The van der Waals surface area contributed by atoms with E-state index in [0.29, 0.717) is 28.4 Å². The molecule has 3 rings (SSSR count). The molecule has 0 unspecified atom stereocenters. The Hall–Kier alpha value is -2.83. The van der Waals surface area contributed by atoms with Crippen molar-refractivity contribution in [2.75, 3.05) is 14.2 Å². The number of aryl methyl sites for hydroxylation is 1. The number of hydrogen-bond donors (Lipinski definition) is 2. The third-order valence-electron chi connectivity index (χ3n) is 4.33. The van der Waals surface area contributed by atoms with E-state index in [4.69, 9.17) is 9.47 Å². The Bertz CT molecular complexity index is 1290. The molecule has 0 aliphatic heterocycles. The minimum Gasteiger partial charge on any atom is -0.508 e. The van der Waals surface area contributed by atoms with Crippen LogP contribution in [0.1, 0.15) is 5.56 Å². The summed E-state index contributed by atoms with van der Waals surface area (Å²) in [5, 5.41) is 25.9. The molecule has 2 N–H and O–H groups in total. The minimum absolute atomic E-state index is 0. The van der Waals surface area contributed by atoms with Gasteiger partial charge < -0.3 is 14.6 Å². The van der Waals surface area contributed by atoms with Gasteiger partial charge >= 0.3 is 0 Å². The van der Waals surface area contributed by atoms with E-state index in [0.717, 1.165) is 6.07 Å². The van der Waals surface area contributed by atoms with Crippen molar-refractivity contribution in [2.45, 2.75) is 11.8 Å². The molecule has 3 aromatic carbocycles. The Morgan fingerprint density at radius 2 is 1.33 bits per heavy atom. The fourth-order valence-electron chi connectivity index (χ4n) is 2.66. The van der Waals surface area contributed by atoms with Crippen LogP contribution in [0.5, 0.6) is 17.2 Å². The first-order valence-corrected chi connectivity index (χ1v) is 10.6. The maximum Gasteiger partial charge on any atom is 0.294 e. The van der Waals surface area contributed by atoms with Crippen molar-refractivity contribution < 1.29 is 27.6 Å². The van der Waals surface area contributed by atoms with E-state index in [1.54, 1.807) is 31.2 Å². The molecular weight excluding hydrogens is 459 g/mol. The Morgan fingerprint density at radius 3 is 1.94 bits per heavy atom. The van der Waals surface area contributed by atoms with Crippen LogP contribution < -0.4 is 9.47 Å². The fourth-order valence-corrected chi connectivity index (χ4v) is 3.16. The van der Waals surface area contributed by atoms with Crippen LogP contribution >= 0.6 is 0 Å². The summed E-state index contributed by atoms with van der Waals surface area (Å²) >= 11 is 0. The number of rotatable bonds is 7. The van der Waals surface area contributed by atoms with Gasteiger partial charge in [-0.3, -0.25) is 4.55 Å². The molecular formula is C21H20N4NaO6S. The van der Waals surface area contributed by atoms with Gasteiger partial charge in [-0.2, -0.15) is 18.6 Å². The number of aromatic hydroxyl groups is 1. The first-order chi connectivity index (χ1) is 15.2. The molecule has 33 heavy (non-hydrogen) atoms. The van der Waals surface area contributed by atoms with Crippen LogP contribution in [-0.2, 0) is 10.1 Å². The first kappa shape index (κ1) is 26.4. The average molecular weight is 479 g/mol. The van der Waals surface area contributed by atoms with E-state index in [-0.39, 0.29) is 51.6 Å². The van der Waals surface area contributed by atoms with E-state index in [1.165, 1.54) is 38.5 Å². The molecule has 12 heteroatoms. The molecule has 0 fully saturated rings. The van der Waals surface area contributed by atoms with Crippen LogP contribution in [-0.4, -0.2) is 61.9 Å². The molecule has 0 saturated heterocycles. The van der Waals surface area contributed by atoms with E-state index < -0.39 is 10.1 Å². The van der Waals surface area contributed by atoms with Crippen LogP contribution in [0, 0.1) is 6.92 Å². The SMILES string of the molecule is COc1cc(N=Nc2cc(S(=O)(=O)O)ccc2OC)c(C)cc1N=Nc1ccc(O)cc1.[Na]. The summed E-state index contributed by atoms with van der Waals surface area (Å²) in [5.41, 5.74) is 2.29. The molecule has 0 aliphatic carbocycles. The average Bonchev–Trinajstić information content (AvgIpc) is 2.77. The summed E-state index contributed by atoms with van der Waals surface area (Å²) in [7, 11) is -1.52. The topological polar surface area (TPSA) is 142 Å². The Labute approximate surface area is 213 Å². The second-order valence-electron chi connectivity index (χ2n) is 6.54. The second-order valence-corrected chi connectivity index (χ2v) is 7.96. The van der Waals surface area contributed by atoms with Gasteiger partial charge in [0.1, 0.15) is 28.6 Å². The molecule has 0 spiro atoms. The minimum atomic E-state index is -4.40. The van der Waals surface area contributed by atoms with Gasteiger partial charge in [0.05, 0.1) is 30.5 Å². The van der Waals surface area contributed by atoms with Gasteiger partial charge in [0, 0.05) is 35.6 Å². The molecule has 1 radical (unpaired) electrons. The van der Waals surface area contributed by atoms with Crippen LogP contribution in [0.3, 0.4) is 0 Å². The van der Waals surface area contributed by atoms with Crippen molar-refractivity contribution in [1.82, 2.24) is 0 Å². The summed E-state index contributed by atoms with van der Waals surface area (Å²) in [6.45, 7) is 1.79. The predicted molar refractivity (Wildman–Crippen MR) is 123 cm³/mol. The van der Waals surface area contributed by atoms with E-state index >= 15 is 0 Å². The number of azo groups is 2. The quantitative estimate of drug-likeness (QED) is 0.263. The summed E-state index contributed by atoms with van der Waals surface area (Å²) in [5.74, 6) is 0.807. The smallest absolute Gasteiger partial charge is 0.294 e. The summed E-state index contributed by atoms with van der Waals surface area (Å²) in [4.78, 5) is -0.327. The van der Waals surface area contributed by atoms with Gasteiger partial charge in [-0.05, 0) is 61.0 Å². The zero-order valence-corrected chi connectivity index (χ0v) is 21.2. The molecule has 3 aromatic rings. The maximum atomic E-state index is 11.4. The van der Waals surface area contributed by atoms with Gasteiger partial charge in [-0.1, -0.05) is 0 Å². The molecule has 167 valence electrons. The third kappa shape index (κ3) is 6.83. The van der Waals surface area contributed by atoms with E-state index in [2.05, 4.69) is 20.5 Å². The maximum absolute atomic E-state index is 11.4. The van der Waals surface area contributed by atoms with Gasteiger partial charge in [0.25, 0.3) is 10.1 Å². The van der Waals surface area contributed by atoms with Crippen molar-refractivity contribution in [1.29, 1.82) is 0 Å². The largest absolute Gasteiger partial charge is 0.508 e. The van der Waals surface area contributed by atoms with Crippen LogP contribution in [0.25, 0.3) is 0 Å². The van der Waals surface area contributed by atoms with Gasteiger partial charge in [0.2, 0.25) is 0 Å². The number of phenolic OH excluding ortho intramolecular Hbond substituents is 1. The zero-order chi connectivity index (χ0) is 23.3. The molecule has 0 aliphatic rings. The van der Waals surface area contributed by atoms with Crippen molar-refractivity contribution in [3.8, 4) is 17.2 Å². The number of benzene rings is 3. The van der Waals surface area contributed by atoms with Crippen LogP contribution in [0.15, 0.2) is 79.9 Å². The summed E-state index contributed by atoms with van der Waals surface area (Å²) < 4.78 is 42.6. The normalized spacial score (nSPS) is 11.5. The monoisotopic (exact) mass is 479 g/mol. The van der Waals surface area contributed by atoms with Crippen molar-refractivity contribution in [3.05, 3.63) is 60.2 Å². The molecule has 0 bridgehead atoms. The number of nitrogens with zero attached hydrogens (tertiary/aromatic N) is 4. The second kappa shape index (κ2) is 11.3. The van der Waals surface area contributed by atoms with Crippen LogP contribution in [0.2, 0.25) is 0 Å². The number of hydrogen-bond acceptors (Lipinski definition) is 9. The van der Waals surface area contributed by atoms with Gasteiger partial charge in [0.15, 0.2) is 0 Å². The number of phenols is 1. The molecule has 0 atom stereocenters. The third-order valence-corrected chi connectivity index (χ3v) is 5.18. The predicted octanol–water partition coefficient (Wildman–Crippen LogP) is 5.41. The molecule has 10 nitrogen and oxygen atoms in total. The van der Waals surface area contributed by atoms with Gasteiger partial charge in [-0.15, -0.1) is 10.2 Å². The van der Waals surface area contributed by atoms with Crippen LogP contribution in [0.4, 0.5) is 22.7 Å². The molecule has 0 amide bonds. The Balaban J connectivity index is 0.00000385. The van der Waals surface area contributed by atoms with Gasteiger partial charge in [-0.25, -0.2) is 0 Å². The Morgan fingerprint density at radius 1 is 0.758 bits per heavy atom. The number of methoxy groups -OCH3 is 2. The van der Waals surface area contributed by atoms with Crippen molar-refractivity contribution in [2.24, 2.45) is 20.5 Å². The van der Waals surface area contributed by atoms with Crippen molar-refractivity contribution >= 4 is 62.4 Å². The molecule has 0 heterocycles. The standard InChI is InChI=1S/C21H20N4O6S.Na/c1-13-10-18(24-22-14-4-6-15(26)7-5-14)21(31-3)12-17(13)23-25-19-11-16(32(27,28)29)8-9-20(19)30-2;/h4-12,26H,1-3H3,(H,27,28,29);. The van der Waals surface area contributed by atoms with E-state index in [1.807, 2.05) is 0 Å². The molecule has 0 saturated carbocycles.